The Balaban J connectivity index is 2.56. The molecule has 0 aliphatic carbocycles. The van der Waals surface area contributed by atoms with E-state index >= 15 is 0 Å². The van der Waals surface area contributed by atoms with E-state index in [0.29, 0.717) is 6.61 Å². The highest BCUT2D eigenvalue weighted by Gasteiger charge is 2.05. The van der Waals surface area contributed by atoms with Crippen molar-refractivity contribution in [3.05, 3.63) is 41.2 Å². The monoisotopic (exact) mass is 175 g/mol. The molecule has 0 spiro atoms. The first kappa shape index (κ1) is 9.60. The Kier molecular flexibility index (Phi) is 3.33. The number of para-hydroxylation sites is 1. The molecule has 0 N–H and O–H groups in total. The van der Waals surface area contributed by atoms with Crippen LogP contribution in [0.5, 0.6) is 5.75 Å². The molecule has 0 aromatic heterocycles. The van der Waals surface area contributed by atoms with Crippen LogP contribution in [0, 0.1) is 13.5 Å². The van der Waals surface area contributed by atoms with Gasteiger partial charge >= 0.3 is 0 Å². The lowest BCUT2D eigenvalue weighted by molar-refractivity contribution is 0.308. The summed E-state index contributed by atoms with van der Waals surface area (Å²) in [6.07, 6.45) is 0. The van der Waals surface area contributed by atoms with Crippen LogP contribution in [0.1, 0.15) is 12.5 Å². The Hall–Kier alpha value is -1.49. The molecule has 1 unspecified atom stereocenters. The average molecular weight is 175 g/mol. The van der Waals surface area contributed by atoms with Crippen LogP contribution in [-0.4, -0.2) is 12.6 Å². The largest absolute Gasteiger partial charge is 0.485 e. The maximum atomic E-state index is 6.77. The lowest BCUT2D eigenvalue weighted by Crippen LogP contribution is -2.10. The van der Waals surface area contributed by atoms with Gasteiger partial charge in [0.15, 0.2) is 6.61 Å². The predicted molar refractivity (Wildman–Crippen MR) is 52.7 cm³/mol. The number of rotatable bonds is 3. The van der Waals surface area contributed by atoms with Crippen LogP contribution in [-0.2, 0) is 0 Å². The minimum Gasteiger partial charge on any atom is -0.485 e. The summed E-state index contributed by atoms with van der Waals surface area (Å²) in [5.74, 6) is 0.873. The molecule has 0 fully saturated rings. The van der Waals surface area contributed by atoms with Gasteiger partial charge in [0.1, 0.15) is 5.75 Å². The molecule has 1 aromatic rings. The molecular weight excluding hydrogens is 162 g/mol. The van der Waals surface area contributed by atoms with Crippen molar-refractivity contribution in [2.24, 2.45) is 0 Å². The van der Waals surface area contributed by atoms with E-state index in [2.05, 4.69) is 4.85 Å². The van der Waals surface area contributed by atoms with E-state index in [1.165, 1.54) is 0 Å². The van der Waals surface area contributed by atoms with Crippen LogP contribution >= 0.6 is 0 Å². The number of benzene rings is 1. The summed E-state index contributed by atoms with van der Waals surface area (Å²) in [5, 5.41) is 0. The molecule has 2 heteroatoms. The summed E-state index contributed by atoms with van der Waals surface area (Å²) in [6.45, 7) is 11.1. The zero-order valence-corrected chi connectivity index (χ0v) is 7.95. The van der Waals surface area contributed by atoms with Gasteiger partial charge in [0.25, 0.3) is 6.04 Å². The van der Waals surface area contributed by atoms with Crippen molar-refractivity contribution in [3.8, 4) is 5.75 Å². The molecule has 68 valence electrons. The van der Waals surface area contributed by atoms with Gasteiger partial charge in [-0.05, 0) is 18.6 Å². The quantitative estimate of drug-likeness (QED) is 0.644. The predicted octanol–water partition coefficient (Wildman–Crippen LogP) is 2.68. The zero-order valence-electron chi connectivity index (χ0n) is 7.95. The third-order valence-corrected chi connectivity index (χ3v) is 1.79. The van der Waals surface area contributed by atoms with Crippen molar-refractivity contribution in [3.63, 3.8) is 0 Å². The third kappa shape index (κ3) is 2.79. The van der Waals surface area contributed by atoms with Crippen LogP contribution in [0.3, 0.4) is 0 Å². The van der Waals surface area contributed by atoms with E-state index in [-0.39, 0.29) is 6.04 Å². The molecule has 0 heterocycles. The van der Waals surface area contributed by atoms with E-state index in [0.717, 1.165) is 11.3 Å². The van der Waals surface area contributed by atoms with Crippen molar-refractivity contribution in [1.82, 2.24) is 0 Å². The smallest absolute Gasteiger partial charge is 0.254 e. The van der Waals surface area contributed by atoms with E-state index in [1.54, 1.807) is 0 Å². The van der Waals surface area contributed by atoms with Gasteiger partial charge in [-0.1, -0.05) is 18.2 Å². The Morgan fingerprint density at radius 3 is 2.77 bits per heavy atom. The van der Waals surface area contributed by atoms with Crippen molar-refractivity contribution >= 4 is 0 Å². The van der Waals surface area contributed by atoms with Crippen molar-refractivity contribution in [2.45, 2.75) is 19.9 Å². The SMILES string of the molecule is [C-]#[N+]C(C)COc1ccccc1C. The molecule has 0 bridgehead atoms. The standard InChI is InChI=1S/C11H13NO/c1-9-6-4-5-7-11(9)13-8-10(2)12-3/h4-7,10H,8H2,1-2H3. The van der Waals surface area contributed by atoms with Gasteiger partial charge in [-0.3, -0.25) is 0 Å². The molecule has 0 saturated heterocycles. The van der Waals surface area contributed by atoms with Crippen LogP contribution in [0.25, 0.3) is 4.85 Å². The molecule has 0 amide bonds. The molecule has 0 saturated carbocycles. The first-order chi connectivity index (χ1) is 6.24. The summed E-state index contributed by atoms with van der Waals surface area (Å²) in [5.41, 5.74) is 1.11. The van der Waals surface area contributed by atoms with Gasteiger partial charge in [0.2, 0.25) is 0 Å². The van der Waals surface area contributed by atoms with Crippen molar-refractivity contribution in [1.29, 1.82) is 0 Å². The minimum atomic E-state index is -0.0698. The lowest BCUT2D eigenvalue weighted by atomic mass is 10.2. The molecule has 0 aliphatic rings. The van der Waals surface area contributed by atoms with E-state index in [9.17, 15) is 0 Å². The fourth-order valence-electron chi connectivity index (χ4n) is 0.966. The third-order valence-electron chi connectivity index (χ3n) is 1.79. The highest BCUT2D eigenvalue weighted by atomic mass is 16.5. The summed E-state index contributed by atoms with van der Waals surface area (Å²) >= 11 is 0. The molecule has 13 heavy (non-hydrogen) atoms. The van der Waals surface area contributed by atoms with Crippen LogP contribution in [0.15, 0.2) is 24.3 Å². The molecular formula is C11H13NO. The highest BCUT2D eigenvalue weighted by molar-refractivity contribution is 5.31. The minimum absolute atomic E-state index is 0.0698. The van der Waals surface area contributed by atoms with Gasteiger partial charge in [0, 0.05) is 6.92 Å². The summed E-state index contributed by atoms with van der Waals surface area (Å²) in [4.78, 5) is 3.36. The zero-order chi connectivity index (χ0) is 9.68. The molecule has 0 radical (unpaired) electrons. The van der Waals surface area contributed by atoms with Crippen LogP contribution in [0.4, 0.5) is 0 Å². The van der Waals surface area contributed by atoms with E-state index < -0.39 is 0 Å². The normalized spacial score (nSPS) is 11.8. The Morgan fingerprint density at radius 2 is 2.15 bits per heavy atom. The number of ether oxygens (including phenoxy) is 1. The van der Waals surface area contributed by atoms with Gasteiger partial charge in [-0.15, -0.1) is 0 Å². The van der Waals surface area contributed by atoms with Crippen molar-refractivity contribution < 1.29 is 4.74 Å². The van der Waals surface area contributed by atoms with Gasteiger partial charge in [-0.2, -0.15) is 0 Å². The number of aryl methyl sites for hydroxylation is 1. The van der Waals surface area contributed by atoms with Crippen LogP contribution in [0.2, 0.25) is 0 Å². The van der Waals surface area contributed by atoms with Gasteiger partial charge in [-0.25, -0.2) is 6.57 Å². The number of hydrogen-bond acceptors (Lipinski definition) is 1. The summed E-state index contributed by atoms with van der Waals surface area (Å²) < 4.78 is 5.48. The van der Waals surface area contributed by atoms with E-state index in [4.69, 9.17) is 11.3 Å². The fourth-order valence-corrected chi connectivity index (χ4v) is 0.966. The Labute approximate surface area is 79.0 Å². The highest BCUT2D eigenvalue weighted by Crippen LogP contribution is 2.16. The molecule has 1 atom stereocenters. The number of nitrogens with zero attached hydrogens (tertiary/aromatic N) is 1. The molecule has 0 aliphatic heterocycles. The van der Waals surface area contributed by atoms with Crippen LogP contribution < -0.4 is 4.74 Å². The first-order valence-corrected chi connectivity index (χ1v) is 4.29. The second-order valence-electron chi connectivity index (χ2n) is 3.05. The molecule has 1 rings (SSSR count). The molecule has 1 aromatic carbocycles. The fraction of sp³-hybridized carbons (Fsp3) is 0.364. The van der Waals surface area contributed by atoms with Gasteiger partial charge in [0.05, 0.1) is 0 Å². The second-order valence-corrected chi connectivity index (χ2v) is 3.05. The first-order valence-electron chi connectivity index (χ1n) is 4.29. The topological polar surface area (TPSA) is 13.6 Å². The van der Waals surface area contributed by atoms with Crippen molar-refractivity contribution in [2.75, 3.05) is 6.61 Å². The Bertz CT molecular complexity index is 314. The maximum Gasteiger partial charge on any atom is 0.254 e. The lowest BCUT2D eigenvalue weighted by Gasteiger charge is -2.07. The molecule has 2 nitrogen and oxygen atoms in total. The summed E-state index contributed by atoms with van der Waals surface area (Å²) in [6, 6.07) is 7.76. The maximum absolute atomic E-state index is 6.77. The summed E-state index contributed by atoms with van der Waals surface area (Å²) in [7, 11) is 0. The second kappa shape index (κ2) is 4.51. The van der Waals surface area contributed by atoms with E-state index in [1.807, 2.05) is 38.1 Å². The number of hydrogen-bond donors (Lipinski definition) is 0. The average Bonchev–Trinajstić information content (AvgIpc) is 2.16. The Morgan fingerprint density at radius 1 is 1.46 bits per heavy atom. The van der Waals surface area contributed by atoms with Gasteiger partial charge < -0.3 is 9.58 Å².